The molecule has 8 heteroatoms. The van der Waals surface area contributed by atoms with Crippen LogP contribution in [0.15, 0.2) is 52.8 Å². The minimum Gasteiger partial charge on any atom is -0.465 e. The Kier molecular flexibility index (Phi) is 5.81. The summed E-state index contributed by atoms with van der Waals surface area (Å²) < 4.78 is 7.51. The second-order valence-electron chi connectivity index (χ2n) is 7.11. The van der Waals surface area contributed by atoms with Gasteiger partial charge in [-0.05, 0) is 37.3 Å². The minimum atomic E-state index is -0.211. The van der Waals surface area contributed by atoms with E-state index in [1.54, 1.807) is 30.7 Å². The minimum absolute atomic E-state index is 0.211. The summed E-state index contributed by atoms with van der Waals surface area (Å²) >= 11 is 0. The number of pyridine rings is 1. The average Bonchev–Trinajstić information content (AvgIpc) is 3.34. The van der Waals surface area contributed by atoms with Gasteiger partial charge in [-0.2, -0.15) is 0 Å². The molecule has 1 N–H and O–H groups in total. The lowest BCUT2D eigenvalue weighted by molar-refractivity contribution is 0.0944. The van der Waals surface area contributed by atoms with Gasteiger partial charge in [0.25, 0.3) is 5.91 Å². The van der Waals surface area contributed by atoms with Crippen LogP contribution in [0.4, 0.5) is 0 Å². The largest absolute Gasteiger partial charge is 0.465 e. The number of hydrogen-bond acceptors (Lipinski definition) is 6. The van der Waals surface area contributed by atoms with Crippen molar-refractivity contribution in [2.45, 2.75) is 26.4 Å². The van der Waals surface area contributed by atoms with Crippen molar-refractivity contribution in [3.05, 3.63) is 71.5 Å². The van der Waals surface area contributed by atoms with Gasteiger partial charge < -0.3 is 14.3 Å². The third-order valence-electron chi connectivity index (χ3n) is 4.90. The van der Waals surface area contributed by atoms with Gasteiger partial charge in [-0.3, -0.25) is 14.7 Å². The predicted octanol–water partition coefficient (Wildman–Crippen LogP) is 2.16. The van der Waals surface area contributed by atoms with Gasteiger partial charge in [-0.15, -0.1) is 10.2 Å². The number of nitrogens with zero attached hydrogens (tertiary/aromatic N) is 5. The summed E-state index contributed by atoms with van der Waals surface area (Å²) in [6, 6.07) is 9.12. The Balaban J connectivity index is 1.35. The number of carbonyl (C=O) groups excluding carboxylic acids is 1. The van der Waals surface area contributed by atoms with E-state index >= 15 is 0 Å². The highest BCUT2D eigenvalue weighted by Gasteiger charge is 2.19. The molecule has 0 saturated heterocycles. The van der Waals surface area contributed by atoms with Crippen LogP contribution >= 0.6 is 0 Å². The van der Waals surface area contributed by atoms with Crippen molar-refractivity contribution < 1.29 is 9.21 Å². The SMILES string of the molecule is C/C(=C\c1ccco1)CN1CCc2nnc(CNC(=O)c3ccccn3)n2CC1. The van der Waals surface area contributed by atoms with E-state index in [0.29, 0.717) is 12.2 Å². The molecule has 0 aromatic carbocycles. The second kappa shape index (κ2) is 8.83. The third-order valence-corrected chi connectivity index (χ3v) is 4.90. The summed E-state index contributed by atoms with van der Waals surface area (Å²) in [5.74, 6) is 2.40. The van der Waals surface area contributed by atoms with E-state index < -0.39 is 0 Å². The molecule has 3 aromatic heterocycles. The van der Waals surface area contributed by atoms with Gasteiger partial charge in [0, 0.05) is 38.8 Å². The number of amides is 1. The first-order chi connectivity index (χ1) is 14.2. The van der Waals surface area contributed by atoms with Crippen LogP contribution in [0.3, 0.4) is 0 Å². The van der Waals surface area contributed by atoms with Gasteiger partial charge in [-0.25, -0.2) is 0 Å². The molecular weight excluding hydrogens is 368 g/mol. The Hall–Kier alpha value is -3.26. The third kappa shape index (κ3) is 4.78. The van der Waals surface area contributed by atoms with Crippen molar-refractivity contribution in [1.82, 2.24) is 30.0 Å². The molecule has 4 heterocycles. The van der Waals surface area contributed by atoms with Crippen molar-refractivity contribution in [3.8, 4) is 0 Å². The zero-order chi connectivity index (χ0) is 20.1. The summed E-state index contributed by atoms with van der Waals surface area (Å²) in [7, 11) is 0. The van der Waals surface area contributed by atoms with E-state index in [1.165, 1.54) is 5.57 Å². The van der Waals surface area contributed by atoms with Gasteiger partial charge in [0.15, 0.2) is 5.82 Å². The number of fused-ring (bicyclic) bond motifs is 1. The number of rotatable bonds is 6. The van der Waals surface area contributed by atoms with Crippen molar-refractivity contribution in [3.63, 3.8) is 0 Å². The van der Waals surface area contributed by atoms with Gasteiger partial charge in [0.2, 0.25) is 0 Å². The molecule has 0 fully saturated rings. The molecule has 0 atom stereocenters. The fourth-order valence-corrected chi connectivity index (χ4v) is 3.48. The van der Waals surface area contributed by atoms with Crippen LogP contribution in [0.5, 0.6) is 0 Å². The Morgan fingerprint density at radius 3 is 2.93 bits per heavy atom. The maximum atomic E-state index is 12.2. The first kappa shape index (κ1) is 19.1. The van der Waals surface area contributed by atoms with E-state index in [-0.39, 0.29) is 5.91 Å². The molecule has 150 valence electrons. The fraction of sp³-hybridized carbons (Fsp3) is 0.333. The zero-order valence-electron chi connectivity index (χ0n) is 16.4. The smallest absolute Gasteiger partial charge is 0.270 e. The van der Waals surface area contributed by atoms with Crippen LogP contribution in [0.1, 0.15) is 34.8 Å². The lowest BCUT2D eigenvalue weighted by atomic mass is 10.2. The van der Waals surface area contributed by atoms with Crippen molar-refractivity contribution >= 4 is 12.0 Å². The Labute approximate surface area is 169 Å². The monoisotopic (exact) mass is 392 g/mol. The lowest BCUT2D eigenvalue weighted by Crippen LogP contribution is -2.29. The van der Waals surface area contributed by atoms with E-state index in [9.17, 15) is 4.79 Å². The molecule has 1 aliphatic rings. The Morgan fingerprint density at radius 2 is 2.14 bits per heavy atom. The van der Waals surface area contributed by atoms with Crippen LogP contribution in [0.25, 0.3) is 6.08 Å². The maximum Gasteiger partial charge on any atom is 0.270 e. The fourth-order valence-electron chi connectivity index (χ4n) is 3.48. The Bertz CT molecular complexity index is 978. The molecule has 0 aliphatic carbocycles. The number of carbonyl (C=O) groups is 1. The van der Waals surface area contributed by atoms with Crippen molar-refractivity contribution in [1.29, 1.82) is 0 Å². The molecule has 29 heavy (non-hydrogen) atoms. The van der Waals surface area contributed by atoms with E-state index in [1.807, 2.05) is 12.1 Å². The molecule has 0 spiro atoms. The highest BCUT2D eigenvalue weighted by molar-refractivity contribution is 5.92. The summed E-state index contributed by atoms with van der Waals surface area (Å²) in [4.78, 5) is 18.7. The van der Waals surface area contributed by atoms with E-state index in [2.05, 4.69) is 43.0 Å². The average molecular weight is 392 g/mol. The molecule has 0 unspecified atom stereocenters. The molecule has 1 aliphatic heterocycles. The molecule has 4 rings (SSSR count). The Morgan fingerprint density at radius 1 is 1.21 bits per heavy atom. The first-order valence-corrected chi connectivity index (χ1v) is 9.72. The van der Waals surface area contributed by atoms with Crippen LogP contribution in [-0.4, -0.2) is 50.2 Å². The first-order valence-electron chi connectivity index (χ1n) is 9.72. The maximum absolute atomic E-state index is 12.2. The van der Waals surface area contributed by atoms with Crippen LogP contribution in [0, 0.1) is 0 Å². The molecular formula is C21H24N6O2. The molecule has 0 radical (unpaired) electrons. The number of nitrogens with one attached hydrogen (secondary N) is 1. The topological polar surface area (TPSA) is 89.1 Å². The number of aromatic nitrogens is 4. The van der Waals surface area contributed by atoms with E-state index in [4.69, 9.17) is 4.42 Å². The van der Waals surface area contributed by atoms with Gasteiger partial charge in [-0.1, -0.05) is 11.6 Å². The predicted molar refractivity (Wildman–Crippen MR) is 108 cm³/mol. The number of hydrogen-bond donors (Lipinski definition) is 1. The van der Waals surface area contributed by atoms with Crippen LogP contribution in [-0.2, 0) is 19.5 Å². The van der Waals surface area contributed by atoms with Gasteiger partial charge in [0.1, 0.15) is 17.3 Å². The molecule has 0 saturated carbocycles. The molecule has 1 amide bonds. The van der Waals surface area contributed by atoms with Crippen molar-refractivity contribution in [2.75, 3.05) is 19.6 Å². The molecule has 8 nitrogen and oxygen atoms in total. The summed E-state index contributed by atoms with van der Waals surface area (Å²) in [5, 5.41) is 11.5. The van der Waals surface area contributed by atoms with Gasteiger partial charge in [0.05, 0.1) is 12.8 Å². The normalized spacial score (nSPS) is 15.0. The number of furan rings is 1. The van der Waals surface area contributed by atoms with Crippen LogP contribution in [0.2, 0.25) is 0 Å². The summed E-state index contributed by atoms with van der Waals surface area (Å²) in [6.45, 7) is 5.94. The summed E-state index contributed by atoms with van der Waals surface area (Å²) in [6.07, 6.45) is 6.19. The molecule has 3 aromatic rings. The highest BCUT2D eigenvalue weighted by Crippen LogP contribution is 2.13. The molecule has 0 bridgehead atoms. The zero-order valence-corrected chi connectivity index (χ0v) is 16.4. The quantitative estimate of drug-likeness (QED) is 0.692. The highest BCUT2D eigenvalue weighted by atomic mass is 16.3. The summed E-state index contributed by atoms with van der Waals surface area (Å²) in [5.41, 5.74) is 1.65. The lowest BCUT2D eigenvalue weighted by Gasteiger charge is -2.19. The van der Waals surface area contributed by atoms with Gasteiger partial charge >= 0.3 is 0 Å². The second-order valence-corrected chi connectivity index (χ2v) is 7.11. The van der Waals surface area contributed by atoms with E-state index in [0.717, 1.165) is 50.0 Å². The van der Waals surface area contributed by atoms with Crippen molar-refractivity contribution in [2.24, 2.45) is 0 Å². The van der Waals surface area contributed by atoms with Crippen LogP contribution < -0.4 is 5.32 Å². The standard InChI is InChI=1S/C21H24N6O2/c1-16(13-17-5-4-12-29-17)15-26-9-7-19-24-25-20(27(19)11-10-26)14-23-21(28)18-6-2-3-8-22-18/h2-6,8,12-13H,7,9-11,14-15H2,1H3,(H,23,28)/b16-13+.